The van der Waals surface area contributed by atoms with Gasteiger partial charge < -0.3 is 9.73 Å². The molecule has 3 aromatic rings. The lowest BCUT2D eigenvalue weighted by molar-refractivity contribution is 0.564. The van der Waals surface area contributed by atoms with E-state index in [4.69, 9.17) is 4.42 Å². The van der Waals surface area contributed by atoms with Crippen molar-refractivity contribution in [2.75, 3.05) is 5.32 Å². The van der Waals surface area contributed by atoms with Crippen molar-refractivity contribution < 1.29 is 4.42 Å². The second-order valence-corrected chi connectivity index (χ2v) is 3.85. The van der Waals surface area contributed by atoms with Crippen molar-refractivity contribution in [2.45, 2.75) is 6.54 Å². The fraction of sp³-hybridized carbons (Fsp3) is 0.0769. The number of rotatable bonds is 4. The predicted molar refractivity (Wildman–Crippen MR) is 67.4 cm³/mol. The van der Waals surface area contributed by atoms with Gasteiger partial charge in [0, 0.05) is 12.1 Å². The van der Waals surface area contributed by atoms with Gasteiger partial charge in [0.25, 0.3) is 0 Å². The summed E-state index contributed by atoms with van der Waals surface area (Å²) in [6, 6.07) is 9.90. The highest BCUT2D eigenvalue weighted by molar-refractivity contribution is 5.60. The van der Waals surface area contributed by atoms with Gasteiger partial charge in [-0.2, -0.15) is 0 Å². The Morgan fingerprint density at radius 1 is 1.22 bits per heavy atom. The Morgan fingerprint density at radius 3 is 2.94 bits per heavy atom. The summed E-state index contributed by atoms with van der Waals surface area (Å²) < 4.78 is 6.77. The van der Waals surface area contributed by atoms with E-state index in [0.29, 0.717) is 6.54 Å². The molecule has 0 amide bonds. The van der Waals surface area contributed by atoms with E-state index in [-0.39, 0.29) is 0 Å². The average Bonchev–Trinajstić information content (AvgIpc) is 3.10. The Hall–Kier alpha value is -2.56. The molecule has 2 heterocycles. The molecule has 5 heteroatoms. The first-order valence-corrected chi connectivity index (χ1v) is 5.64. The Bertz CT molecular complexity index is 602. The Kier molecular flexibility index (Phi) is 2.79. The van der Waals surface area contributed by atoms with Gasteiger partial charge in [-0.3, -0.25) is 0 Å². The average molecular weight is 240 g/mol. The van der Waals surface area contributed by atoms with Crippen LogP contribution in [0.15, 0.2) is 59.7 Å². The number of hydrogen-bond donors (Lipinski definition) is 1. The van der Waals surface area contributed by atoms with E-state index in [0.717, 1.165) is 16.9 Å². The van der Waals surface area contributed by atoms with Crippen LogP contribution in [0.25, 0.3) is 5.69 Å². The molecular weight excluding hydrogens is 228 g/mol. The molecule has 1 N–H and O–H groups in total. The maximum Gasteiger partial charge on any atom is 0.0952 e. The molecule has 0 saturated carbocycles. The van der Waals surface area contributed by atoms with Crippen LogP contribution in [0.1, 0.15) is 5.56 Å². The summed E-state index contributed by atoms with van der Waals surface area (Å²) in [5, 5.41) is 11.2. The number of benzene rings is 1. The number of furan rings is 1. The largest absolute Gasteiger partial charge is 0.472 e. The minimum atomic E-state index is 0.711. The Balaban J connectivity index is 1.84. The summed E-state index contributed by atoms with van der Waals surface area (Å²) >= 11 is 0. The lowest BCUT2D eigenvalue weighted by atomic mass is 10.2. The van der Waals surface area contributed by atoms with E-state index in [1.54, 1.807) is 23.4 Å². The van der Waals surface area contributed by atoms with E-state index >= 15 is 0 Å². The van der Waals surface area contributed by atoms with Gasteiger partial charge in [-0.15, -0.1) is 5.10 Å². The van der Waals surface area contributed by atoms with E-state index < -0.39 is 0 Å². The highest BCUT2D eigenvalue weighted by atomic mass is 16.3. The first-order valence-electron chi connectivity index (χ1n) is 5.64. The van der Waals surface area contributed by atoms with Crippen molar-refractivity contribution in [3.63, 3.8) is 0 Å². The zero-order valence-electron chi connectivity index (χ0n) is 9.65. The van der Waals surface area contributed by atoms with Crippen LogP contribution in [-0.4, -0.2) is 15.0 Å². The topological polar surface area (TPSA) is 55.9 Å². The summed E-state index contributed by atoms with van der Waals surface area (Å²) in [7, 11) is 0. The molecule has 0 radical (unpaired) electrons. The van der Waals surface area contributed by atoms with Crippen LogP contribution in [0.4, 0.5) is 5.69 Å². The van der Waals surface area contributed by atoms with E-state index in [1.165, 1.54) is 0 Å². The van der Waals surface area contributed by atoms with Gasteiger partial charge in [0.1, 0.15) is 0 Å². The second kappa shape index (κ2) is 4.75. The first kappa shape index (κ1) is 10.6. The highest BCUT2D eigenvalue weighted by Gasteiger charge is 2.04. The van der Waals surface area contributed by atoms with Crippen LogP contribution < -0.4 is 5.32 Å². The van der Waals surface area contributed by atoms with Crippen LogP contribution in [0, 0.1) is 0 Å². The number of anilines is 1. The smallest absolute Gasteiger partial charge is 0.0952 e. The third kappa shape index (κ3) is 2.10. The van der Waals surface area contributed by atoms with E-state index in [9.17, 15) is 0 Å². The number of para-hydroxylation sites is 2. The first-order chi connectivity index (χ1) is 8.93. The van der Waals surface area contributed by atoms with Gasteiger partial charge in [-0.25, -0.2) is 4.68 Å². The van der Waals surface area contributed by atoms with Gasteiger partial charge in [0.2, 0.25) is 0 Å². The van der Waals surface area contributed by atoms with Crippen molar-refractivity contribution in [3.05, 3.63) is 60.8 Å². The SMILES string of the molecule is c1ccc(-n2ccnn2)c(NCc2ccoc2)c1. The lowest BCUT2D eigenvalue weighted by Gasteiger charge is -2.10. The van der Waals surface area contributed by atoms with Crippen LogP contribution in [0.2, 0.25) is 0 Å². The van der Waals surface area contributed by atoms with Gasteiger partial charge in [-0.05, 0) is 18.2 Å². The minimum absolute atomic E-state index is 0.711. The zero-order chi connectivity index (χ0) is 12.2. The normalized spacial score (nSPS) is 10.4. The Morgan fingerprint density at radius 2 is 2.17 bits per heavy atom. The van der Waals surface area contributed by atoms with Gasteiger partial charge in [-0.1, -0.05) is 17.3 Å². The molecule has 0 bridgehead atoms. The molecule has 0 aliphatic heterocycles. The zero-order valence-corrected chi connectivity index (χ0v) is 9.65. The molecule has 0 atom stereocenters. The quantitative estimate of drug-likeness (QED) is 0.761. The molecular formula is C13H12N4O. The Labute approximate surface area is 104 Å². The summed E-state index contributed by atoms with van der Waals surface area (Å²) in [6.07, 6.45) is 6.87. The molecule has 0 aliphatic carbocycles. The maximum absolute atomic E-state index is 5.04. The standard InChI is InChI=1S/C13H12N4O/c1-2-4-13(17-7-6-15-16-17)12(3-1)14-9-11-5-8-18-10-11/h1-8,10,14H,9H2. The molecule has 3 rings (SSSR count). The minimum Gasteiger partial charge on any atom is -0.472 e. The van der Waals surface area contributed by atoms with Crippen LogP contribution in [0.5, 0.6) is 0 Å². The van der Waals surface area contributed by atoms with Gasteiger partial charge in [0.05, 0.1) is 36.3 Å². The molecule has 0 saturated heterocycles. The predicted octanol–water partition coefficient (Wildman–Crippen LogP) is 2.47. The van der Waals surface area contributed by atoms with Crippen molar-refractivity contribution >= 4 is 5.69 Å². The summed E-state index contributed by atoms with van der Waals surface area (Å²) in [4.78, 5) is 0. The third-order valence-corrected chi connectivity index (χ3v) is 2.64. The van der Waals surface area contributed by atoms with Crippen molar-refractivity contribution in [1.82, 2.24) is 15.0 Å². The van der Waals surface area contributed by atoms with Crippen LogP contribution in [-0.2, 0) is 6.54 Å². The van der Waals surface area contributed by atoms with Crippen molar-refractivity contribution in [1.29, 1.82) is 0 Å². The second-order valence-electron chi connectivity index (χ2n) is 3.85. The summed E-state index contributed by atoms with van der Waals surface area (Å²) in [5.41, 5.74) is 3.08. The summed E-state index contributed by atoms with van der Waals surface area (Å²) in [6.45, 7) is 0.711. The molecule has 0 fully saturated rings. The van der Waals surface area contributed by atoms with Gasteiger partial charge >= 0.3 is 0 Å². The number of nitrogens with zero attached hydrogens (tertiary/aromatic N) is 3. The van der Waals surface area contributed by atoms with E-state index in [1.807, 2.05) is 36.5 Å². The van der Waals surface area contributed by atoms with E-state index in [2.05, 4.69) is 15.6 Å². The highest BCUT2D eigenvalue weighted by Crippen LogP contribution is 2.19. The monoisotopic (exact) mass is 240 g/mol. The lowest BCUT2D eigenvalue weighted by Crippen LogP contribution is -2.04. The molecule has 0 unspecified atom stereocenters. The molecule has 2 aromatic heterocycles. The number of nitrogens with one attached hydrogen (secondary N) is 1. The van der Waals surface area contributed by atoms with Crippen LogP contribution in [0.3, 0.4) is 0 Å². The molecule has 5 nitrogen and oxygen atoms in total. The molecule has 0 spiro atoms. The molecule has 90 valence electrons. The van der Waals surface area contributed by atoms with Crippen molar-refractivity contribution in [2.24, 2.45) is 0 Å². The van der Waals surface area contributed by atoms with Gasteiger partial charge in [0.15, 0.2) is 0 Å². The fourth-order valence-corrected chi connectivity index (χ4v) is 1.75. The number of hydrogen-bond acceptors (Lipinski definition) is 4. The number of aromatic nitrogens is 3. The molecule has 1 aromatic carbocycles. The third-order valence-electron chi connectivity index (χ3n) is 2.64. The van der Waals surface area contributed by atoms with Crippen LogP contribution >= 0.6 is 0 Å². The summed E-state index contributed by atoms with van der Waals surface area (Å²) in [5.74, 6) is 0. The van der Waals surface area contributed by atoms with Crippen molar-refractivity contribution in [3.8, 4) is 5.69 Å². The fourth-order valence-electron chi connectivity index (χ4n) is 1.75. The molecule has 0 aliphatic rings. The maximum atomic E-state index is 5.04. The molecule has 18 heavy (non-hydrogen) atoms.